The highest BCUT2D eigenvalue weighted by atomic mass is 16.4. The molecule has 7 nitrogen and oxygen atoms in total. The van der Waals surface area contributed by atoms with Crippen molar-refractivity contribution in [3.05, 3.63) is 0 Å². The van der Waals surface area contributed by atoms with Gasteiger partial charge >= 0.3 is 0 Å². The molecule has 3 atom stereocenters. The monoisotopic (exact) mass is 193 g/mol. The first-order chi connectivity index (χ1) is 5.91. The highest BCUT2D eigenvalue weighted by Gasteiger charge is 2.32. The quantitative estimate of drug-likeness (QED) is 0.283. The molecule has 0 aromatic carbocycles. The number of nitrogens with two attached hydrogens (primary N) is 1. The number of aliphatic hydroxyl groups is 4. The summed E-state index contributed by atoms with van der Waals surface area (Å²) in [5.74, 6) is -2.84. The van der Waals surface area contributed by atoms with E-state index in [9.17, 15) is 9.59 Å². The standard InChI is InChI=1S/C6H11NO6/c7-6(13)5(12)4(11)3(10)2(9)1-8/h2-4,8-11H,1H2,(H2,7,13)/t2-,3-,4+/m1/s1. The second-order valence-electron chi connectivity index (χ2n) is 2.41. The van der Waals surface area contributed by atoms with Gasteiger partial charge in [0.1, 0.15) is 12.2 Å². The van der Waals surface area contributed by atoms with Crippen molar-refractivity contribution in [2.24, 2.45) is 5.73 Å². The number of primary amides is 1. The number of carbonyl (C=O) groups is 2. The maximum absolute atomic E-state index is 10.6. The van der Waals surface area contributed by atoms with Crippen molar-refractivity contribution < 1.29 is 30.0 Å². The molecule has 13 heavy (non-hydrogen) atoms. The topological polar surface area (TPSA) is 141 Å². The van der Waals surface area contributed by atoms with Crippen molar-refractivity contribution in [1.29, 1.82) is 0 Å². The minimum Gasteiger partial charge on any atom is -0.394 e. The minimum absolute atomic E-state index is 0.843. The van der Waals surface area contributed by atoms with E-state index in [-0.39, 0.29) is 0 Å². The first-order valence-corrected chi connectivity index (χ1v) is 3.40. The molecule has 0 aliphatic carbocycles. The van der Waals surface area contributed by atoms with Crippen LogP contribution in [0.1, 0.15) is 0 Å². The van der Waals surface area contributed by atoms with Gasteiger partial charge in [0.15, 0.2) is 6.10 Å². The SMILES string of the molecule is NC(=O)C(=O)[C@@H](O)[C@H](O)[C@H](O)CO. The number of Topliss-reactive ketones (excluding diaryl/α,β-unsaturated/α-hetero) is 1. The number of rotatable bonds is 5. The third kappa shape index (κ3) is 3.07. The van der Waals surface area contributed by atoms with Crippen LogP contribution in [-0.4, -0.2) is 57.0 Å². The van der Waals surface area contributed by atoms with Gasteiger partial charge in [-0.1, -0.05) is 0 Å². The summed E-state index contributed by atoms with van der Waals surface area (Å²) in [6, 6.07) is 0. The van der Waals surface area contributed by atoms with Crippen molar-refractivity contribution in [2.75, 3.05) is 6.61 Å². The number of aliphatic hydroxyl groups excluding tert-OH is 4. The van der Waals surface area contributed by atoms with Gasteiger partial charge in [-0.3, -0.25) is 9.59 Å². The molecule has 6 N–H and O–H groups in total. The van der Waals surface area contributed by atoms with Crippen LogP contribution in [0.3, 0.4) is 0 Å². The van der Waals surface area contributed by atoms with E-state index >= 15 is 0 Å². The molecule has 0 aliphatic rings. The van der Waals surface area contributed by atoms with E-state index in [0.717, 1.165) is 0 Å². The third-order valence-corrected chi connectivity index (χ3v) is 1.42. The number of hydrogen-bond acceptors (Lipinski definition) is 6. The molecule has 1 amide bonds. The molecule has 0 spiro atoms. The first-order valence-electron chi connectivity index (χ1n) is 3.40. The molecule has 0 aromatic rings. The van der Waals surface area contributed by atoms with Crippen molar-refractivity contribution in [1.82, 2.24) is 0 Å². The number of hydrogen-bond donors (Lipinski definition) is 5. The predicted octanol–water partition coefficient (Wildman–Crippen LogP) is -3.88. The lowest BCUT2D eigenvalue weighted by Crippen LogP contribution is -2.47. The Bertz CT molecular complexity index is 205. The molecule has 0 saturated carbocycles. The fourth-order valence-electron chi connectivity index (χ4n) is 0.619. The van der Waals surface area contributed by atoms with Gasteiger partial charge in [-0.15, -0.1) is 0 Å². The molecule has 0 fully saturated rings. The fraction of sp³-hybridized carbons (Fsp3) is 0.667. The van der Waals surface area contributed by atoms with Gasteiger partial charge in [0.2, 0.25) is 0 Å². The van der Waals surface area contributed by atoms with Crippen LogP contribution in [-0.2, 0) is 9.59 Å². The van der Waals surface area contributed by atoms with Gasteiger partial charge in [-0.2, -0.15) is 0 Å². The Morgan fingerprint density at radius 2 is 1.69 bits per heavy atom. The number of carbonyl (C=O) groups excluding carboxylic acids is 2. The molecule has 0 aromatic heterocycles. The Morgan fingerprint density at radius 1 is 1.23 bits per heavy atom. The van der Waals surface area contributed by atoms with Crippen molar-refractivity contribution in [2.45, 2.75) is 18.3 Å². The van der Waals surface area contributed by atoms with Crippen molar-refractivity contribution in [3.63, 3.8) is 0 Å². The average molecular weight is 193 g/mol. The Morgan fingerprint density at radius 3 is 2.00 bits per heavy atom. The van der Waals surface area contributed by atoms with Crippen molar-refractivity contribution >= 4 is 11.7 Å². The van der Waals surface area contributed by atoms with Crippen LogP contribution in [0.5, 0.6) is 0 Å². The Kier molecular flexibility index (Phi) is 4.49. The number of ketones is 1. The smallest absolute Gasteiger partial charge is 0.287 e. The summed E-state index contributed by atoms with van der Waals surface area (Å²) in [4.78, 5) is 20.8. The molecule has 0 bridgehead atoms. The van der Waals surface area contributed by atoms with Gasteiger partial charge in [0.25, 0.3) is 11.7 Å². The molecule has 0 heterocycles. The van der Waals surface area contributed by atoms with Crippen LogP contribution < -0.4 is 5.73 Å². The summed E-state index contributed by atoms with van der Waals surface area (Å²) >= 11 is 0. The lowest BCUT2D eigenvalue weighted by atomic mass is 10.0. The van der Waals surface area contributed by atoms with E-state index in [0.29, 0.717) is 0 Å². The minimum atomic E-state index is -2.11. The molecule has 7 heteroatoms. The maximum Gasteiger partial charge on any atom is 0.287 e. The molecule has 0 rings (SSSR count). The zero-order valence-corrected chi connectivity index (χ0v) is 6.62. The van der Waals surface area contributed by atoms with Gasteiger partial charge in [0, 0.05) is 0 Å². The van der Waals surface area contributed by atoms with Crippen LogP contribution in [0, 0.1) is 0 Å². The van der Waals surface area contributed by atoms with Crippen LogP contribution >= 0.6 is 0 Å². The zero-order chi connectivity index (χ0) is 10.6. The van der Waals surface area contributed by atoms with Crippen LogP contribution in [0.25, 0.3) is 0 Å². The number of amides is 1. The summed E-state index contributed by atoms with van der Waals surface area (Å²) in [5.41, 5.74) is 4.51. The van der Waals surface area contributed by atoms with Gasteiger partial charge < -0.3 is 26.2 Å². The highest BCUT2D eigenvalue weighted by Crippen LogP contribution is 2.00. The second-order valence-corrected chi connectivity index (χ2v) is 2.41. The van der Waals surface area contributed by atoms with Crippen LogP contribution in [0.4, 0.5) is 0 Å². The average Bonchev–Trinajstić information content (AvgIpc) is 2.12. The van der Waals surface area contributed by atoms with E-state index < -0.39 is 36.6 Å². The molecule has 76 valence electrons. The Balaban J connectivity index is 4.33. The Hall–Kier alpha value is -1.02. The molecular formula is C6H11NO6. The summed E-state index contributed by atoms with van der Waals surface area (Å²) in [5, 5.41) is 34.9. The van der Waals surface area contributed by atoms with E-state index in [2.05, 4.69) is 5.73 Å². The Labute approximate surface area is 73.4 Å². The molecule has 0 unspecified atom stereocenters. The lowest BCUT2D eigenvalue weighted by molar-refractivity contribution is -0.149. The van der Waals surface area contributed by atoms with Crippen LogP contribution in [0.15, 0.2) is 0 Å². The molecule has 0 aliphatic heterocycles. The van der Waals surface area contributed by atoms with E-state index in [1.807, 2.05) is 0 Å². The largest absolute Gasteiger partial charge is 0.394 e. The van der Waals surface area contributed by atoms with Gasteiger partial charge in [-0.25, -0.2) is 0 Å². The third-order valence-electron chi connectivity index (χ3n) is 1.42. The summed E-state index contributed by atoms with van der Waals surface area (Å²) in [7, 11) is 0. The van der Waals surface area contributed by atoms with Gasteiger partial charge in [0.05, 0.1) is 6.61 Å². The summed E-state index contributed by atoms with van der Waals surface area (Å²) in [6.45, 7) is -0.843. The lowest BCUT2D eigenvalue weighted by Gasteiger charge is -2.18. The van der Waals surface area contributed by atoms with Crippen molar-refractivity contribution in [3.8, 4) is 0 Å². The second kappa shape index (κ2) is 4.87. The van der Waals surface area contributed by atoms with E-state index in [1.165, 1.54) is 0 Å². The van der Waals surface area contributed by atoms with E-state index in [1.54, 1.807) is 0 Å². The maximum atomic E-state index is 10.6. The highest BCUT2D eigenvalue weighted by molar-refractivity contribution is 6.37. The summed E-state index contributed by atoms with van der Waals surface area (Å²) in [6.07, 6.45) is -5.73. The van der Waals surface area contributed by atoms with Gasteiger partial charge in [-0.05, 0) is 0 Å². The predicted molar refractivity (Wildman–Crippen MR) is 39.3 cm³/mol. The molecule has 0 radical (unpaired) electrons. The first kappa shape index (κ1) is 12.0. The zero-order valence-electron chi connectivity index (χ0n) is 6.62. The molecular weight excluding hydrogens is 182 g/mol. The normalized spacial score (nSPS) is 17.5. The molecule has 0 saturated heterocycles. The fourth-order valence-corrected chi connectivity index (χ4v) is 0.619. The van der Waals surface area contributed by atoms with Crippen LogP contribution in [0.2, 0.25) is 0 Å². The summed E-state index contributed by atoms with van der Waals surface area (Å²) < 4.78 is 0. The van der Waals surface area contributed by atoms with E-state index in [4.69, 9.17) is 20.4 Å².